The minimum Gasteiger partial charge on any atom is -0.309 e. The first-order valence-corrected chi connectivity index (χ1v) is 10.2. The molecule has 2 N–H and O–H groups in total. The summed E-state index contributed by atoms with van der Waals surface area (Å²) < 4.78 is 39.3. The fraction of sp³-hybridized carbons (Fsp3) is 0.368. The van der Waals surface area contributed by atoms with Crippen LogP contribution in [0.1, 0.15) is 19.3 Å². The zero-order valence-corrected chi connectivity index (χ0v) is 16.0. The Bertz CT molecular complexity index is 757. The van der Waals surface area contributed by atoms with E-state index >= 15 is 0 Å². The average molecular weight is 380 g/mol. The van der Waals surface area contributed by atoms with Crippen molar-refractivity contribution in [2.45, 2.75) is 19.3 Å². The van der Waals surface area contributed by atoms with Crippen molar-refractivity contribution in [2.24, 2.45) is 0 Å². The smallest absolute Gasteiger partial charge is 0.148 e. The SMILES string of the molecule is CN(C)CCCCCN1c2ccccc2N(c2ccccc2F)S1(O)O. The number of rotatable bonds is 7. The van der Waals surface area contributed by atoms with Crippen molar-refractivity contribution in [1.29, 1.82) is 0 Å². The molecule has 0 fully saturated rings. The van der Waals surface area contributed by atoms with Crippen molar-refractivity contribution in [3.63, 3.8) is 0 Å². The Balaban J connectivity index is 1.84. The van der Waals surface area contributed by atoms with Crippen LogP contribution in [-0.2, 0) is 0 Å². The third-order valence-electron chi connectivity index (χ3n) is 4.45. The van der Waals surface area contributed by atoms with E-state index in [-0.39, 0.29) is 5.69 Å². The van der Waals surface area contributed by atoms with E-state index < -0.39 is 16.8 Å². The first-order valence-electron chi connectivity index (χ1n) is 8.77. The summed E-state index contributed by atoms with van der Waals surface area (Å²) in [6.07, 6.45) is 2.88. The lowest BCUT2D eigenvalue weighted by Gasteiger charge is -2.43. The zero-order valence-electron chi connectivity index (χ0n) is 15.2. The molecule has 142 valence electrons. The molecule has 5 nitrogen and oxygen atoms in total. The highest BCUT2D eigenvalue weighted by molar-refractivity contribution is 8.27. The average Bonchev–Trinajstić information content (AvgIpc) is 2.82. The zero-order chi connectivity index (χ0) is 18.7. The van der Waals surface area contributed by atoms with Crippen LogP contribution in [0.4, 0.5) is 21.5 Å². The van der Waals surface area contributed by atoms with Gasteiger partial charge in [0.1, 0.15) is 11.5 Å². The maximum absolute atomic E-state index is 14.4. The topological polar surface area (TPSA) is 50.2 Å². The van der Waals surface area contributed by atoms with Crippen molar-refractivity contribution in [3.8, 4) is 0 Å². The number of hydrogen-bond acceptors (Lipinski definition) is 5. The molecule has 1 aliphatic heterocycles. The van der Waals surface area contributed by atoms with E-state index in [4.69, 9.17) is 0 Å². The van der Waals surface area contributed by atoms with Gasteiger partial charge >= 0.3 is 0 Å². The number of fused-ring (bicyclic) bond motifs is 1. The standard InChI is InChI=1S/C19H26FN3O2S/c1-21(2)14-8-3-9-15-22-18-12-6-7-13-19(18)23(26(22,24)25)17-11-5-4-10-16(17)20/h4-7,10-13,24-25H,3,8-9,14-15H2,1-2H3. The number of halogens is 1. The second-order valence-corrected chi connectivity index (χ2v) is 8.48. The molecule has 2 aromatic rings. The predicted octanol–water partition coefficient (Wildman–Crippen LogP) is 5.10. The summed E-state index contributed by atoms with van der Waals surface area (Å²) in [5, 5.41) is 0. The predicted molar refractivity (Wildman–Crippen MR) is 108 cm³/mol. The molecule has 1 heterocycles. The van der Waals surface area contributed by atoms with E-state index in [1.54, 1.807) is 28.6 Å². The van der Waals surface area contributed by atoms with E-state index in [1.165, 1.54) is 10.4 Å². The Hall–Kier alpha value is -1.80. The lowest BCUT2D eigenvalue weighted by molar-refractivity contribution is 0.392. The van der Waals surface area contributed by atoms with Gasteiger partial charge in [-0.05, 0) is 68.7 Å². The molecule has 0 bridgehead atoms. The number of unbranched alkanes of at least 4 members (excludes halogenated alkanes) is 2. The number of hydrogen-bond donors (Lipinski definition) is 2. The molecule has 0 aliphatic carbocycles. The van der Waals surface area contributed by atoms with Crippen LogP contribution >= 0.6 is 11.0 Å². The normalized spacial score (nSPS) is 16.8. The maximum Gasteiger partial charge on any atom is 0.148 e. The molecule has 7 heteroatoms. The summed E-state index contributed by atoms with van der Waals surface area (Å²) in [6.45, 7) is 1.52. The largest absolute Gasteiger partial charge is 0.309 e. The number of benzene rings is 2. The molecule has 26 heavy (non-hydrogen) atoms. The minimum absolute atomic E-state index is 0.176. The highest BCUT2D eigenvalue weighted by Gasteiger charge is 2.42. The molecule has 2 aromatic carbocycles. The Labute approximate surface area is 156 Å². The molecule has 0 unspecified atom stereocenters. The summed E-state index contributed by atoms with van der Waals surface area (Å²) in [4.78, 5) is 2.14. The lowest BCUT2D eigenvalue weighted by atomic mass is 10.2. The van der Waals surface area contributed by atoms with Crippen LogP contribution in [0.5, 0.6) is 0 Å². The van der Waals surface area contributed by atoms with Gasteiger partial charge in [-0.1, -0.05) is 30.7 Å². The summed E-state index contributed by atoms with van der Waals surface area (Å²) in [6, 6.07) is 13.5. The molecular formula is C19H26FN3O2S. The third kappa shape index (κ3) is 3.66. The van der Waals surface area contributed by atoms with Gasteiger partial charge in [0, 0.05) is 6.54 Å². The molecule has 0 saturated heterocycles. The summed E-state index contributed by atoms with van der Waals surface area (Å²) in [5.74, 6) is -0.477. The van der Waals surface area contributed by atoms with Crippen LogP contribution in [0.25, 0.3) is 0 Å². The minimum atomic E-state index is -3.35. The summed E-state index contributed by atoms with van der Waals surface area (Å²) in [7, 11) is 0.733. The van der Waals surface area contributed by atoms with E-state index in [1.807, 2.05) is 32.3 Å². The van der Waals surface area contributed by atoms with Gasteiger partial charge in [-0.3, -0.25) is 13.4 Å². The quantitative estimate of drug-likeness (QED) is 0.656. The monoisotopic (exact) mass is 379 g/mol. The summed E-state index contributed by atoms with van der Waals surface area (Å²) >= 11 is 0. The fourth-order valence-corrected chi connectivity index (χ4v) is 5.01. The van der Waals surface area contributed by atoms with Gasteiger partial charge in [0.15, 0.2) is 0 Å². The Morgan fingerprint density at radius 3 is 2.15 bits per heavy atom. The van der Waals surface area contributed by atoms with Crippen molar-refractivity contribution in [3.05, 3.63) is 54.3 Å². The maximum atomic E-state index is 14.4. The Morgan fingerprint density at radius 1 is 0.885 bits per heavy atom. The Morgan fingerprint density at radius 2 is 1.50 bits per heavy atom. The Kier molecular flexibility index (Phi) is 5.72. The molecule has 0 aromatic heterocycles. The van der Waals surface area contributed by atoms with E-state index in [0.717, 1.165) is 31.5 Å². The molecular weight excluding hydrogens is 353 g/mol. The van der Waals surface area contributed by atoms with Crippen LogP contribution in [-0.4, -0.2) is 41.2 Å². The van der Waals surface area contributed by atoms with Gasteiger partial charge in [-0.25, -0.2) is 8.70 Å². The number of para-hydroxylation sites is 3. The third-order valence-corrected chi connectivity index (χ3v) is 6.30. The van der Waals surface area contributed by atoms with Crippen LogP contribution in [0.15, 0.2) is 48.5 Å². The molecule has 0 spiro atoms. The molecule has 0 amide bonds. The lowest BCUT2D eigenvalue weighted by Crippen LogP contribution is -2.32. The molecule has 0 saturated carbocycles. The van der Waals surface area contributed by atoms with Gasteiger partial charge in [0.25, 0.3) is 0 Å². The second kappa shape index (κ2) is 7.84. The fourth-order valence-electron chi connectivity index (χ4n) is 3.19. The number of nitrogens with zero attached hydrogens (tertiary/aromatic N) is 3. The highest BCUT2D eigenvalue weighted by Crippen LogP contribution is 2.64. The van der Waals surface area contributed by atoms with E-state index in [2.05, 4.69) is 4.90 Å². The summed E-state index contributed by atoms with van der Waals surface area (Å²) in [5.41, 5.74) is 1.52. The van der Waals surface area contributed by atoms with Gasteiger partial charge in [0.2, 0.25) is 0 Å². The van der Waals surface area contributed by atoms with Crippen LogP contribution in [0, 0.1) is 5.82 Å². The van der Waals surface area contributed by atoms with Crippen molar-refractivity contribution in [2.75, 3.05) is 35.8 Å². The van der Waals surface area contributed by atoms with E-state index in [0.29, 0.717) is 12.2 Å². The van der Waals surface area contributed by atoms with E-state index in [9.17, 15) is 13.5 Å². The molecule has 0 radical (unpaired) electrons. The highest BCUT2D eigenvalue weighted by atomic mass is 32.3. The number of anilines is 3. The molecule has 1 aliphatic rings. The van der Waals surface area contributed by atoms with Crippen molar-refractivity contribution < 1.29 is 13.5 Å². The first kappa shape index (κ1) is 19.0. The van der Waals surface area contributed by atoms with Crippen molar-refractivity contribution in [1.82, 2.24) is 4.90 Å². The van der Waals surface area contributed by atoms with Crippen LogP contribution in [0.3, 0.4) is 0 Å². The van der Waals surface area contributed by atoms with Crippen LogP contribution in [0.2, 0.25) is 0 Å². The molecule has 3 rings (SSSR count). The first-order chi connectivity index (χ1) is 12.4. The van der Waals surface area contributed by atoms with Gasteiger partial charge in [-0.2, -0.15) is 0 Å². The molecule has 0 atom stereocenters. The van der Waals surface area contributed by atoms with Gasteiger partial charge in [0.05, 0.1) is 11.4 Å². The van der Waals surface area contributed by atoms with Crippen LogP contribution < -0.4 is 8.61 Å². The van der Waals surface area contributed by atoms with Gasteiger partial charge in [-0.15, -0.1) is 0 Å². The van der Waals surface area contributed by atoms with Gasteiger partial charge < -0.3 is 4.90 Å². The van der Waals surface area contributed by atoms with Crippen molar-refractivity contribution >= 4 is 28.0 Å². The second-order valence-electron chi connectivity index (χ2n) is 6.69.